The van der Waals surface area contributed by atoms with Crippen LogP contribution in [0.15, 0.2) is 60.2 Å². The highest BCUT2D eigenvalue weighted by atomic mass is 35.5. The number of halogens is 1. The molecule has 3 amide bonds. The van der Waals surface area contributed by atoms with E-state index in [2.05, 4.69) is 0 Å². The maximum atomic E-state index is 12.9. The second-order valence-corrected chi connectivity index (χ2v) is 9.45. The van der Waals surface area contributed by atoms with Crippen LogP contribution in [0.1, 0.15) is 26.2 Å². The highest BCUT2D eigenvalue weighted by molar-refractivity contribution is 6.30. The highest BCUT2D eigenvalue weighted by Crippen LogP contribution is 2.40. The standard InChI is InChI=1S/C26H23ClN2O5/c1-15-2-11-21-22(12-15)25(32)29(24(21)31)19-7-9-20(10-8-19)34-26(33)16-13-23(30)28(14-16)18-5-3-17(27)4-6-18/h2-10,16,21-22H,11-14H2,1H3/t16-,21+,22-/m1/s1. The SMILES string of the molecule is CC1=CC[C@@H]2C(=O)N(c3ccc(OC(=O)[C@@H]4CC(=O)N(c5ccc(Cl)cc5)C4)cc3)C(=O)[C@@H]2C1. The van der Waals surface area contributed by atoms with Crippen LogP contribution in [0.25, 0.3) is 0 Å². The molecule has 0 saturated carbocycles. The first-order valence-corrected chi connectivity index (χ1v) is 11.6. The maximum absolute atomic E-state index is 12.9. The number of ether oxygens (including phenoxy) is 1. The number of fused-ring (bicyclic) bond motifs is 1. The van der Waals surface area contributed by atoms with E-state index in [9.17, 15) is 19.2 Å². The van der Waals surface area contributed by atoms with Crippen molar-refractivity contribution in [3.05, 3.63) is 65.2 Å². The summed E-state index contributed by atoms with van der Waals surface area (Å²) in [5.74, 6) is -1.94. The number of amides is 3. The van der Waals surface area contributed by atoms with Crippen LogP contribution >= 0.6 is 11.6 Å². The molecule has 34 heavy (non-hydrogen) atoms. The molecule has 3 aliphatic rings. The van der Waals surface area contributed by atoms with Crippen LogP contribution in [0.5, 0.6) is 5.75 Å². The van der Waals surface area contributed by atoms with Crippen LogP contribution in [-0.2, 0) is 19.2 Å². The van der Waals surface area contributed by atoms with E-state index < -0.39 is 11.9 Å². The molecule has 5 rings (SSSR count). The number of benzene rings is 2. The Bertz CT molecular complexity index is 1200. The van der Waals surface area contributed by atoms with Crippen LogP contribution in [0.4, 0.5) is 11.4 Å². The number of carbonyl (C=O) groups excluding carboxylic acids is 4. The van der Waals surface area contributed by atoms with Gasteiger partial charge in [0, 0.05) is 23.7 Å². The molecule has 0 bridgehead atoms. The van der Waals surface area contributed by atoms with Crippen molar-refractivity contribution in [3.8, 4) is 5.75 Å². The van der Waals surface area contributed by atoms with Gasteiger partial charge in [-0.2, -0.15) is 0 Å². The Labute approximate surface area is 201 Å². The molecule has 1 aliphatic carbocycles. The number of anilines is 2. The van der Waals surface area contributed by atoms with Gasteiger partial charge in [-0.05, 0) is 68.3 Å². The minimum atomic E-state index is -0.594. The number of imide groups is 1. The first-order valence-electron chi connectivity index (χ1n) is 11.2. The quantitative estimate of drug-likeness (QED) is 0.285. The zero-order valence-electron chi connectivity index (χ0n) is 18.6. The molecule has 7 nitrogen and oxygen atoms in total. The second-order valence-electron chi connectivity index (χ2n) is 9.01. The highest BCUT2D eigenvalue weighted by Gasteiger charge is 2.48. The first-order chi connectivity index (χ1) is 16.3. The topological polar surface area (TPSA) is 84.0 Å². The molecule has 0 unspecified atom stereocenters. The maximum Gasteiger partial charge on any atom is 0.316 e. The molecule has 2 fully saturated rings. The van der Waals surface area contributed by atoms with E-state index in [4.69, 9.17) is 16.3 Å². The van der Waals surface area contributed by atoms with Crippen LogP contribution in [0.3, 0.4) is 0 Å². The lowest BCUT2D eigenvalue weighted by Crippen LogP contribution is -2.30. The van der Waals surface area contributed by atoms with Crippen molar-refractivity contribution in [1.29, 1.82) is 0 Å². The summed E-state index contributed by atoms with van der Waals surface area (Å²) in [4.78, 5) is 53.6. The molecular weight excluding hydrogens is 456 g/mol. The van der Waals surface area contributed by atoms with E-state index in [1.54, 1.807) is 53.4 Å². The number of rotatable bonds is 4. The van der Waals surface area contributed by atoms with Gasteiger partial charge in [-0.1, -0.05) is 23.3 Å². The van der Waals surface area contributed by atoms with E-state index in [1.165, 1.54) is 4.90 Å². The fourth-order valence-electron chi connectivity index (χ4n) is 4.89. The number of hydrogen-bond acceptors (Lipinski definition) is 5. The molecular formula is C26H23ClN2O5. The molecule has 2 aromatic rings. The van der Waals surface area contributed by atoms with Crippen molar-refractivity contribution in [2.24, 2.45) is 17.8 Å². The Morgan fingerprint density at radius 3 is 2.26 bits per heavy atom. The fraction of sp³-hybridized carbons (Fsp3) is 0.308. The third-order valence-electron chi connectivity index (χ3n) is 6.73. The minimum Gasteiger partial charge on any atom is -0.426 e. The van der Waals surface area contributed by atoms with Gasteiger partial charge in [0.15, 0.2) is 0 Å². The molecule has 2 heterocycles. The smallest absolute Gasteiger partial charge is 0.316 e. The monoisotopic (exact) mass is 478 g/mol. The predicted octanol–water partition coefficient (Wildman–Crippen LogP) is 4.14. The Kier molecular flexibility index (Phi) is 5.73. The summed E-state index contributed by atoms with van der Waals surface area (Å²) in [6.45, 7) is 2.21. The van der Waals surface area contributed by atoms with Crippen molar-refractivity contribution >= 4 is 46.7 Å². The average molecular weight is 479 g/mol. The van der Waals surface area contributed by atoms with Gasteiger partial charge >= 0.3 is 5.97 Å². The summed E-state index contributed by atoms with van der Waals surface area (Å²) in [7, 11) is 0. The summed E-state index contributed by atoms with van der Waals surface area (Å²) in [6.07, 6.45) is 3.28. The molecule has 2 aliphatic heterocycles. The van der Waals surface area contributed by atoms with Crippen LogP contribution in [-0.4, -0.2) is 30.2 Å². The lowest BCUT2D eigenvalue weighted by Gasteiger charge is -2.18. The molecule has 0 N–H and O–H groups in total. The lowest BCUT2D eigenvalue weighted by atomic mass is 9.82. The lowest BCUT2D eigenvalue weighted by molar-refractivity contribution is -0.139. The summed E-state index contributed by atoms with van der Waals surface area (Å²) in [5, 5.41) is 0.567. The summed E-state index contributed by atoms with van der Waals surface area (Å²) < 4.78 is 5.49. The van der Waals surface area contributed by atoms with Crippen LogP contribution in [0, 0.1) is 17.8 Å². The molecule has 0 radical (unpaired) electrons. The molecule has 2 saturated heterocycles. The van der Waals surface area contributed by atoms with Gasteiger partial charge in [0.25, 0.3) is 0 Å². The van der Waals surface area contributed by atoms with Gasteiger partial charge in [-0.15, -0.1) is 0 Å². The molecule has 8 heteroatoms. The average Bonchev–Trinajstić information content (AvgIpc) is 3.32. The predicted molar refractivity (Wildman–Crippen MR) is 126 cm³/mol. The normalized spacial score (nSPS) is 24.4. The van der Waals surface area contributed by atoms with Gasteiger partial charge < -0.3 is 9.64 Å². The number of carbonyl (C=O) groups is 4. The summed E-state index contributed by atoms with van der Waals surface area (Å²) in [5.41, 5.74) is 2.28. The molecule has 0 spiro atoms. The van der Waals surface area contributed by atoms with E-state index >= 15 is 0 Å². The van der Waals surface area contributed by atoms with Crippen LogP contribution in [0.2, 0.25) is 5.02 Å². The molecule has 2 aromatic carbocycles. The Hall–Kier alpha value is -3.45. The third-order valence-corrected chi connectivity index (χ3v) is 6.99. The minimum absolute atomic E-state index is 0.0621. The number of nitrogens with zero attached hydrogens (tertiary/aromatic N) is 2. The van der Waals surface area contributed by atoms with E-state index in [0.29, 0.717) is 35.0 Å². The Balaban J connectivity index is 1.24. The number of allylic oxidation sites excluding steroid dienone is 2. The second kappa shape index (κ2) is 8.72. The van der Waals surface area contributed by atoms with Gasteiger partial charge in [0.1, 0.15) is 5.75 Å². The van der Waals surface area contributed by atoms with Crippen molar-refractivity contribution in [2.45, 2.75) is 26.2 Å². The van der Waals surface area contributed by atoms with Gasteiger partial charge in [-0.3, -0.25) is 24.1 Å². The Morgan fingerprint density at radius 1 is 0.912 bits per heavy atom. The van der Waals surface area contributed by atoms with Gasteiger partial charge in [0.2, 0.25) is 17.7 Å². The Morgan fingerprint density at radius 2 is 1.56 bits per heavy atom. The third kappa shape index (κ3) is 4.01. The van der Waals surface area contributed by atoms with Crippen molar-refractivity contribution < 1.29 is 23.9 Å². The summed E-state index contributed by atoms with van der Waals surface area (Å²) in [6, 6.07) is 13.2. The zero-order valence-corrected chi connectivity index (χ0v) is 19.3. The van der Waals surface area contributed by atoms with Crippen molar-refractivity contribution in [3.63, 3.8) is 0 Å². The van der Waals surface area contributed by atoms with E-state index in [1.807, 2.05) is 13.0 Å². The molecule has 3 atom stereocenters. The van der Waals surface area contributed by atoms with Gasteiger partial charge in [-0.25, -0.2) is 0 Å². The van der Waals surface area contributed by atoms with Gasteiger partial charge in [0.05, 0.1) is 23.4 Å². The molecule has 174 valence electrons. The fourth-order valence-corrected chi connectivity index (χ4v) is 5.02. The zero-order chi connectivity index (χ0) is 24.0. The van der Waals surface area contributed by atoms with E-state index in [-0.39, 0.29) is 42.5 Å². The largest absolute Gasteiger partial charge is 0.426 e. The summed E-state index contributed by atoms with van der Waals surface area (Å²) >= 11 is 5.91. The van der Waals surface area contributed by atoms with Crippen molar-refractivity contribution in [2.75, 3.05) is 16.3 Å². The van der Waals surface area contributed by atoms with Crippen LogP contribution < -0.4 is 14.5 Å². The molecule has 0 aromatic heterocycles. The van der Waals surface area contributed by atoms with Crippen molar-refractivity contribution in [1.82, 2.24) is 0 Å². The number of esters is 1. The van der Waals surface area contributed by atoms with E-state index in [0.717, 1.165) is 5.57 Å². The first kappa shape index (κ1) is 22.3. The number of hydrogen-bond donors (Lipinski definition) is 0.